The van der Waals surface area contributed by atoms with Gasteiger partial charge in [-0.1, -0.05) is 29.8 Å². The van der Waals surface area contributed by atoms with Crippen LogP contribution < -0.4 is 0 Å². The molecule has 0 N–H and O–H groups in total. The van der Waals surface area contributed by atoms with Gasteiger partial charge in [-0.25, -0.2) is 4.68 Å². The third-order valence-electron chi connectivity index (χ3n) is 4.49. The molecule has 2 atom stereocenters. The zero-order valence-corrected chi connectivity index (χ0v) is 16.7. The fourth-order valence-corrected chi connectivity index (χ4v) is 4.29. The average Bonchev–Trinajstić information content (AvgIpc) is 3.30. The molecule has 1 saturated heterocycles. The molecule has 0 unspecified atom stereocenters. The average molecular weight is 402 g/mol. The van der Waals surface area contributed by atoms with Crippen LogP contribution in [0.1, 0.15) is 24.3 Å². The van der Waals surface area contributed by atoms with Crippen LogP contribution in [0.3, 0.4) is 0 Å². The summed E-state index contributed by atoms with van der Waals surface area (Å²) < 4.78 is 7.42. The number of hydrogen-bond donors (Lipinski definition) is 0. The van der Waals surface area contributed by atoms with Crippen LogP contribution in [0, 0.1) is 0 Å². The van der Waals surface area contributed by atoms with Gasteiger partial charge < -0.3 is 9.64 Å². The lowest BCUT2D eigenvalue weighted by atomic mass is 10.2. The van der Waals surface area contributed by atoms with E-state index in [-0.39, 0.29) is 18.1 Å². The standard InChI is InChI=1S/C20H20ClN3O2S/c1-13-11-23(12-14(2)26-13)20(25)18-10-16(19-8-5-9-27-19)22-24(18)17-7-4-3-6-15(17)21/h3-10,13-14H,11-12H2,1-2H3/t13-,14+. The van der Waals surface area contributed by atoms with E-state index in [1.807, 2.05) is 60.5 Å². The number of nitrogens with zero attached hydrogens (tertiary/aromatic N) is 3. The third kappa shape index (κ3) is 3.65. The predicted molar refractivity (Wildman–Crippen MR) is 108 cm³/mol. The smallest absolute Gasteiger partial charge is 0.272 e. The first-order chi connectivity index (χ1) is 13.0. The summed E-state index contributed by atoms with van der Waals surface area (Å²) in [4.78, 5) is 16.2. The van der Waals surface area contributed by atoms with Gasteiger partial charge in [-0.15, -0.1) is 11.3 Å². The van der Waals surface area contributed by atoms with Crippen molar-refractivity contribution in [1.29, 1.82) is 0 Å². The van der Waals surface area contributed by atoms with Gasteiger partial charge in [0.25, 0.3) is 5.91 Å². The predicted octanol–water partition coefficient (Wildman–Crippen LogP) is 4.50. The number of hydrogen-bond acceptors (Lipinski definition) is 4. The van der Waals surface area contributed by atoms with E-state index in [1.54, 1.807) is 22.1 Å². The maximum absolute atomic E-state index is 13.3. The SMILES string of the molecule is C[C@@H]1CN(C(=O)c2cc(-c3cccs3)nn2-c2ccccc2Cl)C[C@H](C)O1. The quantitative estimate of drug-likeness (QED) is 0.649. The number of aromatic nitrogens is 2. The van der Waals surface area contributed by atoms with Crippen LogP contribution in [0.25, 0.3) is 16.3 Å². The van der Waals surface area contributed by atoms with Gasteiger partial charge in [0.2, 0.25) is 0 Å². The van der Waals surface area contributed by atoms with Crippen molar-refractivity contribution in [2.75, 3.05) is 13.1 Å². The molecule has 0 radical (unpaired) electrons. The molecule has 1 aromatic carbocycles. The summed E-state index contributed by atoms with van der Waals surface area (Å²) >= 11 is 7.99. The molecule has 2 aromatic heterocycles. The second kappa shape index (κ2) is 7.46. The topological polar surface area (TPSA) is 47.4 Å². The molecule has 4 rings (SSSR count). The summed E-state index contributed by atoms with van der Waals surface area (Å²) in [6.45, 7) is 5.09. The Labute approximate surface area is 167 Å². The van der Waals surface area contributed by atoms with E-state index in [0.717, 1.165) is 10.6 Å². The maximum Gasteiger partial charge on any atom is 0.272 e. The van der Waals surface area contributed by atoms with Crippen LogP contribution in [0.4, 0.5) is 0 Å². The van der Waals surface area contributed by atoms with Crippen LogP contribution >= 0.6 is 22.9 Å². The van der Waals surface area contributed by atoms with Crippen molar-refractivity contribution in [2.24, 2.45) is 0 Å². The van der Waals surface area contributed by atoms with Crippen molar-refractivity contribution >= 4 is 28.8 Å². The fourth-order valence-electron chi connectivity index (χ4n) is 3.39. The Bertz CT molecular complexity index is 944. The number of rotatable bonds is 3. The first-order valence-corrected chi connectivity index (χ1v) is 10.1. The summed E-state index contributed by atoms with van der Waals surface area (Å²) in [6.07, 6.45) is 0.0114. The Morgan fingerprint density at radius 1 is 1.19 bits per heavy atom. The molecule has 140 valence electrons. The van der Waals surface area contributed by atoms with E-state index in [4.69, 9.17) is 21.4 Å². The fraction of sp³-hybridized carbons (Fsp3) is 0.300. The monoisotopic (exact) mass is 401 g/mol. The van der Waals surface area contributed by atoms with Crippen LogP contribution in [-0.4, -0.2) is 45.9 Å². The maximum atomic E-state index is 13.3. The van der Waals surface area contributed by atoms with E-state index in [9.17, 15) is 4.79 Å². The van der Waals surface area contributed by atoms with E-state index < -0.39 is 0 Å². The molecule has 0 bridgehead atoms. The number of carbonyl (C=O) groups is 1. The van der Waals surface area contributed by atoms with E-state index in [0.29, 0.717) is 29.5 Å². The summed E-state index contributed by atoms with van der Waals surface area (Å²) in [5.74, 6) is -0.0628. The lowest BCUT2D eigenvalue weighted by Gasteiger charge is -2.35. The Balaban J connectivity index is 1.79. The number of ether oxygens (including phenoxy) is 1. The number of carbonyl (C=O) groups excluding carboxylic acids is 1. The van der Waals surface area contributed by atoms with E-state index in [1.165, 1.54) is 0 Å². The van der Waals surface area contributed by atoms with Crippen molar-refractivity contribution < 1.29 is 9.53 Å². The first-order valence-electron chi connectivity index (χ1n) is 8.86. The lowest BCUT2D eigenvalue weighted by molar-refractivity contribution is -0.0588. The van der Waals surface area contributed by atoms with Crippen LogP contribution in [0.15, 0.2) is 47.8 Å². The highest BCUT2D eigenvalue weighted by atomic mass is 35.5. The molecule has 0 aliphatic carbocycles. The zero-order chi connectivity index (χ0) is 19.0. The van der Waals surface area contributed by atoms with Crippen molar-refractivity contribution in [1.82, 2.24) is 14.7 Å². The summed E-state index contributed by atoms with van der Waals surface area (Å²) in [6, 6.07) is 13.2. The molecule has 1 amide bonds. The van der Waals surface area contributed by atoms with Gasteiger partial charge >= 0.3 is 0 Å². The summed E-state index contributed by atoms with van der Waals surface area (Å²) in [5.41, 5.74) is 1.97. The highest BCUT2D eigenvalue weighted by Gasteiger charge is 2.29. The number of morpholine rings is 1. The molecule has 5 nitrogen and oxygen atoms in total. The molecule has 1 fully saturated rings. The van der Waals surface area contributed by atoms with E-state index in [2.05, 4.69) is 0 Å². The highest BCUT2D eigenvalue weighted by molar-refractivity contribution is 7.13. The van der Waals surface area contributed by atoms with Gasteiger partial charge in [0.15, 0.2) is 0 Å². The highest BCUT2D eigenvalue weighted by Crippen LogP contribution is 2.29. The Kier molecular flexibility index (Phi) is 5.04. The van der Waals surface area contributed by atoms with Crippen molar-refractivity contribution in [2.45, 2.75) is 26.1 Å². The minimum absolute atomic E-state index is 0.00570. The van der Waals surface area contributed by atoms with Crippen LogP contribution in [0.2, 0.25) is 5.02 Å². The molecule has 7 heteroatoms. The lowest BCUT2D eigenvalue weighted by Crippen LogP contribution is -2.48. The normalized spacial score (nSPS) is 20.0. The molecule has 1 aliphatic heterocycles. The number of halogens is 1. The van der Waals surface area contributed by atoms with Crippen molar-refractivity contribution in [3.05, 3.63) is 58.6 Å². The Hall–Kier alpha value is -2.15. The van der Waals surface area contributed by atoms with Gasteiger partial charge in [-0.3, -0.25) is 4.79 Å². The van der Waals surface area contributed by atoms with Gasteiger partial charge in [0.05, 0.1) is 27.8 Å². The van der Waals surface area contributed by atoms with Crippen LogP contribution in [-0.2, 0) is 4.74 Å². The Morgan fingerprint density at radius 3 is 2.59 bits per heavy atom. The third-order valence-corrected chi connectivity index (χ3v) is 5.70. The van der Waals surface area contributed by atoms with E-state index >= 15 is 0 Å². The van der Waals surface area contributed by atoms with Crippen LogP contribution in [0.5, 0.6) is 0 Å². The summed E-state index contributed by atoms with van der Waals surface area (Å²) in [7, 11) is 0. The molecule has 3 heterocycles. The second-order valence-corrected chi connectivity index (χ2v) is 8.08. The molecule has 1 aliphatic rings. The van der Waals surface area contributed by atoms with Gasteiger partial charge in [0.1, 0.15) is 11.4 Å². The molecule has 3 aromatic rings. The molecular formula is C20H20ClN3O2S. The van der Waals surface area contributed by atoms with Gasteiger partial charge in [-0.05, 0) is 43.5 Å². The minimum Gasteiger partial charge on any atom is -0.372 e. The number of amides is 1. The number of para-hydroxylation sites is 1. The first kappa shape index (κ1) is 18.2. The van der Waals surface area contributed by atoms with Crippen molar-refractivity contribution in [3.8, 4) is 16.3 Å². The zero-order valence-electron chi connectivity index (χ0n) is 15.1. The molecule has 0 saturated carbocycles. The largest absolute Gasteiger partial charge is 0.372 e. The molecule has 0 spiro atoms. The van der Waals surface area contributed by atoms with Gasteiger partial charge in [0, 0.05) is 13.1 Å². The second-order valence-electron chi connectivity index (χ2n) is 6.72. The van der Waals surface area contributed by atoms with Gasteiger partial charge in [-0.2, -0.15) is 5.10 Å². The molecular weight excluding hydrogens is 382 g/mol. The number of thiophene rings is 1. The minimum atomic E-state index is -0.0628. The number of benzene rings is 1. The van der Waals surface area contributed by atoms with Crippen molar-refractivity contribution in [3.63, 3.8) is 0 Å². The molecule has 27 heavy (non-hydrogen) atoms. The summed E-state index contributed by atoms with van der Waals surface area (Å²) in [5, 5.41) is 7.25. The Morgan fingerprint density at radius 2 is 1.93 bits per heavy atom.